The van der Waals surface area contributed by atoms with Crippen molar-refractivity contribution in [1.82, 2.24) is 0 Å². The number of benzene rings is 3. The van der Waals surface area contributed by atoms with Gasteiger partial charge in [0.25, 0.3) is 5.91 Å². The number of rotatable bonds is 3. The highest BCUT2D eigenvalue weighted by atomic mass is 16.6. The number of amides is 2. The summed E-state index contributed by atoms with van der Waals surface area (Å²) in [7, 11) is 0. The monoisotopic (exact) mass is 514 g/mol. The summed E-state index contributed by atoms with van der Waals surface area (Å²) in [5.41, 5.74) is -0.733. The van der Waals surface area contributed by atoms with Crippen molar-refractivity contribution in [3.05, 3.63) is 112 Å². The Morgan fingerprint density at radius 3 is 2.11 bits per heavy atom. The molecule has 0 bridgehead atoms. The maximum Gasteiger partial charge on any atom is 0.421 e. The van der Waals surface area contributed by atoms with Gasteiger partial charge in [0, 0.05) is 4.92 Å². The third-order valence-electron chi connectivity index (χ3n) is 7.60. The summed E-state index contributed by atoms with van der Waals surface area (Å²) in [5, 5.41) is 24.8. The van der Waals surface area contributed by atoms with Crippen LogP contribution < -0.4 is 4.90 Å². The molecule has 8 heteroatoms. The van der Waals surface area contributed by atoms with Crippen LogP contribution in [0.2, 0.25) is 0 Å². The molecule has 1 saturated carbocycles. The van der Waals surface area contributed by atoms with Crippen molar-refractivity contribution >= 4 is 17.7 Å². The first kappa shape index (κ1) is 25.6. The zero-order valence-corrected chi connectivity index (χ0v) is 21.5. The van der Waals surface area contributed by atoms with Gasteiger partial charge < -0.3 is 9.84 Å². The Hall–Kier alpha value is -4.04. The average Bonchev–Trinajstić information content (AvgIpc) is 3.14. The van der Waals surface area contributed by atoms with Crippen LogP contribution in [-0.4, -0.2) is 39.8 Å². The number of aliphatic hydroxyl groups is 1. The van der Waals surface area contributed by atoms with Crippen LogP contribution in [0.25, 0.3) is 0 Å². The molecule has 2 amide bonds. The molecule has 3 aromatic rings. The zero-order valence-electron chi connectivity index (χ0n) is 21.5. The number of nitro groups is 1. The zero-order chi connectivity index (χ0) is 27.2. The van der Waals surface area contributed by atoms with Crippen molar-refractivity contribution in [3.63, 3.8) is 0 Å². The highest BCUT2D eigenvalue weighted by Crippen LogP contribution is 2.59. The van der Waals surface area contributed by atoms with E-state index in [1.165, 1.54) is 0 Å². The lowest BCUT2D eigenvalue weighted by atomic mass is 9.54. The summed E-state index contributed by atoms with van der Waals surface area (Å²) in [4.78, 5) is 41.4. The summed E-state index contributed by atoms with van der Waals surface area (Å²) < 4.78 is 5.57. The molecule has 1 N–H and O–H groups in total. The fraction of sp³-hybridized carbons (Fsp3) is 0.333. The third-order valence-corrected chi connectivity index (χ3v) is 7.60. The second-order valence-electron chi connectivity index (χ2n) is 10.9. The number of aliphatic hydroxyl groups excluding tert-OH is 1. The largest absolute Gasteiger partial charge is 0.443 e. The van der Waals surface area contributed by atoms with E-state index >= 15 is 0 Å². The van der Waals surface area contributed by atoms with Gasteiger partial charge in [0.15, 0.2) is 0 Å². The van der Waals surface area contributed by atoms with Gasteiger partial charge in [0.1, 0.15) is 11.0 Å². The van der Waals surface area contributed by atoms with E-state index in [2.05, 4.69) is 0 Å². The first-order valence-electron chi connectivity index (χ1n) is 12.7. The van der Waals surface area contributed by atoms with E-state index in [0.29, 0.717) is 16.7 Å². The van der Waals surface area contributed by atoms with E-state index in [-0.39, 0.29) is 17.0 Å². The molecule has 0 radical (unpaired) electrons. The summed E-state index contributed by atoms with van der Waals surface area (Å²) in [6, 6.07) is 23.3. The van der Waals surface area contributed by atoms with Crippen molar-refractivity contribution in [2.75, 3.05) is 4.90 Å². The maximum atomic E-state index is 14.5. The van der Waals surface area contributed by atoms with Gasteiger partial charge in [0.05, 0.1) is 23.6 Å². The smallest absolute Gasteiger partial charge is 0.421 e. The molecule has 0 aromatic heterocycles. The molecule has 2 aliphatic rings. The van der Waals surface area contributed by atoms with Gasteiger partial charge in [-0.25, -0.2) is 9.69 Å². The van der Waals surface area contributed by atoms with Crippen LogP contribution in [0.4, 0.5) is 10.5 Å². The number of carbonyl (C=O) groups excluding carboxylic acids is 2. The van der Waals surface area contributed by atoms with Crippen molar-refractivity contribution in [1.29, 1.82) is 0 Å². The summed E-state index contributed by atoms with van der Waals surface area (Å²) in [6.45, 7) is 5.09. The first-order chi connectivity index (χ1) is 18.1. The fourth-order valence-electron chi connectivity index (χ4n) is 6.24. The molecule has 5 atom stereocenters. The van der Waals surface area contributed by atoms with Crippen LogP contribution in [0.1, 0.15) is 55.7 Å². The molecule has 1 fully saturated rings. The normalized spacial score (nSPS) is 26.7. The highest BCUT2D eigenvalue weighted by Gasteiger charge is 2.69. The number of para-hydroxylation sites is 1. The number of ether oxygens (including phenoxy) is 1. The van der Waals surface area contributed by atoms with Gasteiger partial charge in [-0.2, -0.15) is 0 Å². The first-order valence-corrected chi connectivity index (χ1v) is 12.7. The number of carbonyl (C=O) groups is 2. The molecule has 8 nitrogen and oxygen atoms in total. The van der Waals surface area contributed by atoms with E-state index in [9.17, 15) is 24.8 Å². The average molecular weight is 515 g/mol. The predicted molar refractivity (Wildman–Crippen MR) is 142 cm³/mol. The van der Waals surface area contributed by atoms with E-state index in [4.69, 9.17) is 4.74 Å². The number of hydrogen-bond acceptors (Lipinski definition) is 6. The molecule has 3 aromatic carbocycles. The minimum Gasteiger partial charge on any atom is -0.443 e. The Bertz CT molecular complexity index is 1370. The number of nitrogens with zero attached hydrogens (tertiary/aromatic N) is 2. The molecule has 5 rings (SSSR count). The molecule has 0 unspecified atom stereocenters. The Morgan fingerprint density at radius 2 is 1.53 bits per heavy atom. The summed E-state index contributed by atoms with van der Waals surface area (Å²) in [6.07, 6.45) is -2.22. The van der Waals surface area contributed by atoms with E-state index in [1.54, 1.807) is 87.5 Å². The lowest BCUT2D eigenvalue weighted by Crippen LogP contribution is -2.62. The molecule has 1 heterocycles. The fourth-order valence-corrected chi connectivity index (χ4v) is 6.24. The Balaban J connectivity index is 1.77. The molecule has 1 aliphatic heterocycles. The van der Waals surface area contributed by atoms with Crippen LogP contribution in [0.3, 0.4) is 0 Å². The van der Waals surface area contributed by atoms with Gasteiger partial charge in [-0.3, -0.25) is 14.9 Å². The lowest BCUT2D eigenvalue weighted by Gasteiger charge is -2.47. The molecular weight excluding hydrogens is 484 g/mol. The van der Waals surface area contributed by atoms with E-state index in [1.807, 2.05) is 18.2 Å². The van der Waals surface area contributed by atoms with Crippen LogP contribution in [0.5, 0.6) is 0 Å². The maximum absolute atomic E-state index is 14.5. The number of fused-ring (bicyclic) bond motifs is 2. The Kier molecular flexibility index (Phi) is 6.31. The minimum absolute atomic E-state index is 0.0266. The Morgan fingerprint density at radius 1 is 0.974 bits per heavy atom. The second kappa shape index (κ2) is 9.36. The molecule has 1 aliphatic carbocycles. The quantitative estimate of drug-likeness (QED) is 0.381. The van der Waals surface area contributed by atoms with Crippen LogP contribution in [0, 0.1) is 10.1 Å². The number of imide groups is 1. The molecule has 0 saturated heterocycles. The van der Waals surface area contributed by atoms with Crippen LogP contribution in [-0.2, 0) is 14.9 Å². The van der Waals surface area contributed by atoms with Gasteiger partial charge in [-0.05, 0) is 49.9 Å². The highest BCUT2D eigenvalue weighted by molar-refractivity contribution is 6.22. The molecule has 38 heavy (non-hydrogen) atoms. The van der Waals surface area contributed by atoms with E-state index < -0.39 is 47.0 Å². The molecular formula is C30H30N2O6. The van der Waals surface area contributed by atoms with Gasteiger partial charge in [-0.15, -0.1) is 0 Å². The number of anilines is 1. The summed E-state index contributed by atoms with van der Waals surface area (Å²) >= 11 is 0. The van der Waals surface area contributed by atoms with Gasteiger partial charge in [-0.1, -0.05) is 78.9 Å². The topological polar surface area (TPSA) is 110 Å². The SMILES string of the molecule is CC(C)(C)OC(=O)N1C(=O)[C@@]2(c3ccccc31)[C@H](O)C[C@H](c1ccccc1)[C@H]([N+](=O)[O-])[C@@H]2c1ccccc1. The van der Waals surface area contributed by atoms with Gasteiger partial charge in [0.2, 0.25) is 6.04 Å². The van der Waals surface area contributed by atoms with Crippen LogP contribution >= 0.6 is 0 Å². The second-order valence-corrected chi connectivity index (χ2v) is 10.9. The lowest BCUT2D eigenvalue weighted by molar-refractivity contribution is -0.537. The van der Waals surface area contributed by atoms with Crippen molar-refractivity contribution in [3.8, 4) is 0 Å². The van der Waals surface area contributed by atoms with Gasteiger partial charge >= 0.3 is 6.09 Å². The van der Waals surface area contributed by atoms with E-state index in [0.717, 1.165) is 4.90 Å². The van der Waals surface area contributed by atoms with Crippen LogP contribution in [0.15, 0.2) is 84.9 Å². The van der Waals surface area contributed by atoms with Crippen molar-refractivity contribution in [2.45, 2.75) is 62.2 Å². The molecule has 196 valence electrons. The standard InChI is InChI=1S/C30H30N2O6/c1-29(2,3)38-28(35)31-23-17-11-10-16-22(23)30(27(31)34)24(33)18-21(19-12-6-4-7-13-19)26(32(36)37)25(30)20-14-8-5-9-15-20/h4-17,21,24-26,33H,18H2,1-3H3/t21-,24-,25+,26+,30+/m1/s1. The Labute approximate surface area is 221 Å². The number of hydrogen-bond donors (Lipinski definition) is 1. The predicted octanol–water partition coefficient (Wildman–Crippen LogP) is 5.18. The third kappa shape index (κ3) is 3.96. The minimum atomic E-state index is -1.77. The summed E-state index contributed by atoms with van der Waals surface area (Å²) in [5.74, 6) is -2.44. The van der Waals surface area contributed by atoms with Crippen molar-refractivity contribution in [2.24, 2.45) is 0 Å². The van der Waals surface area contributed by atoms with Crippen molar-refractivity contribution < 1.29 is 24.4 Å². The molecule has 1 spiro atoms.